The molecule has 2 saturated heterocycles. The van der Waals surface area contributed by atoms with Crippen molar-refractivity contribution in [1.82, 2.24) is 9.80 Å². The molecule has 178 valence electrons. The number of benzene rings is 2. The molecule has 0 spiro atoms. The summed E-state index contributed by atoms with van der Waals surface area (Å²) in [5.41, 5.74) is 4.05. The van der Waals surface area contributed by atoms with E-state index in [1.807, 2.05) is 12.1 Å². The molecule has 2 fully saturated rings. The molecule has 0 aromatic heterocycles. The maximum absolute atomic E-state index is 6.24. The minimum absolute atomic E-state index is 0.271. The highest BCUT2D eigenvalue weighted by molar-refractivity contribution is 5.52. The lowest BCUT2D eigenvalue weighted by atomic mass is 9.81. The van der Waals surface area contributed by atoms with Crippen molar-refractivity contribution in [2.24, 2.45) is 0 Å². The van der Waals surface area contributed by atoms with Crippen LogP contribution in [0.3, 0.4) is 0 Å². The van der Waals surface area contributed by atoms with Crippen LogP contribution in [0.15, 0.2) is 36.4 Å². The van der Waals surface area contributed by atoms with E-state index in [1.54, 1.807) is 14.2 Å². The topological polar surface area (TPSA) is 34.2 Å². The van der Waals surface area contributed by atoms with Crippen molar-refractivity contribution < 1.29 is 14.2 Å². The van der Waals surface area contributed by atoms with E-state index >= 15 is 0 Å². The Morgan fingerprint density at radius 2 is 1.64 bits per heavy atom. The summed E-state index contributed by atoms with van der Waals surface area (Å²) in [5.74, 6) is 3.09. The Kier molecular flexibility index (Phi) is 7.07. The molecule has 3 heterocycles. The average molecular weight is 451 g/mol. The van der Waals surface area contributed by atoms with E-state index in [1.165, 1.54) is 61.9 Å². The predicted molar refractivity (Wildman–Crippen MR) is 132 cm³/mol. The molecule has 2 aromatic carbocycles. The summed E-state index contributed by atoms with van der Waals surface area (Å²) in [4.78, 5) is 5.23. The maximum atomic E-state index is 6.24. The zero-order valence-corrected chi connectivity index (χ0v) is 20.2. The van der Waals surface area contributed by atoms with Gasteiger partial charge >= 0.3 is 0 Å². The lowest BCUT2D eigenvalue weighted by molar-refractivity contribution is 0.204. The Labute approximate surface area is 198 Å². The standard InChI is InChI=1S/C28H38N2O3/c1-31-21-10-12-28(32-2)25(18-21)26-20-30-16-6-8-27(30)24-19-22(9-11-23(24)26)33-17-7-15-29-13-4-3-5-14-29/h9-12,18-19,26-27H,3-8,13-17,20H2,1-2H3/t26-,27+/m0/s1. The van der Waals surface area contributed by atoms with E-state index in [2.05, 4.69) is 34.1 Å². The van der Waals surface area contributed by atoms with Crippen LogP contribution in [0.5, 0.6) is 17.2 Å². The predicted octanol–water partition coefficient (Wildman–Crippen LogP) is 5.24. The van der Waals surface area contributed by atoms with Crippen LogP contribution < -0.4 is 14.2 Å². The lowest BCUT2D eigenvalue weighted by Gasteiger charge is -2.38. The number of hydrogen-bond acceptors (Lipinski definition) is 5. The average Bonchev–Trinajstić information content (AvgIpc) is 3.35. The van der Waals surface area contributed by atoms with Crippen LogP contribution >= 0.6 is 0 Å². The van der Waals surface area contributed by atoms with Gasteiger partial charge in [0.2, 0.25) is 0 Å². The van der Waals surface area contributed by atoms with Gasteiger partial charge in [0.15, 0.2) is 0 Å². The van der Waals surface area contributed by atoms with Crippen molar-refractivity contribution >= 4 is 0 Å². The van der Waals surface area contributed by atoms with E-state index in [4.69, 9.17) is 14.2 Å². The van der Waals surface area contributed by atoms with Crippen LogP contribution in [-0.4, -0.2) is 63.4 Å². The first-order valence-electron chi connectivity index (χ1n) is 12.7. The Bertz CT molecular complexity index is 941. The van der Waals surface area contributed by atoms with E-state index in [0.29, 0.717) is 6.04 Å². The van der Waals surface area contributed by atoms with Crippen LogP contribution in [0.1, 0.15) is 67.2 Å². The second-order valence-corrected chi connectivity index (χ2v) is 9.71. The summed E-state index contributed by atoms with van der Waals surface area (Å²) >= 11 is 0. The fraction of sp³-hybridized carbons (Fsp3) is 0.571. The fourth-order valence-electron chi connectivity index (χ4n) is 6.02. The monoisotopic (exact) mass is 450 g/mol. The summed E-state index contributed by atoms with van der Waals surface area (Å²) in [5, 5.41) is 0. The smallest absolute Gasteiger partial charge is 0.122 e. The van der Waals surface area contributed by atoms with Gasteiger partial charge in [0.05, 0.1) is 20.8 Å². The lowest BCUT2D eigenvalue weighted by Crippen LogP contribution is -2.34. The molecular weight excluding hydrogens is 412 g/mol. The zero-order chi connectivity index (χ0) is 22.6. The molecule has 3 aliphatic rings. The Balaban J connectivity index is 1.35. The molecule has 33 heavy (non-hydrogen) atoms. The second kappa shape index (κ2) is 10.4. The maximum Gasteiger partial charge on any atom is 0.122 e. The number of fused-ring (bicyclic) bond motifs is 3. The normalized spacial score (nSPS) is 23.1. The third kappa shape index (κ3) is 4.85. The van der Waals surface area contributed by atoms with Crippen molar-refractivity contribution in [3.63, 3.8) is 0 Å². The molecule has 5 rings (SSSR count). The summed E-state index contributed by atoms with van der Waals surface area (Å²) in [6.45, 7) is 6.64. The minimum Gasteiger partial charge on any atom is -0.497 e. The third-order valence-electron chi connectivity index (χ3n) is 7.72. The van der Waals surface area contributed by atoms with Gasteiger partial charge in [-0.3, -0.25) is 4.90 Å². The van der Waals surface area contributed by atoms with Crippen molar-refractivity contribution in [2.45, 2.75) is 50.5 Å². The number of nitrogens with zero attached hydrogens (tertiary/aromatic N) is 2. The van der Waals surface area contributed by atoms with Crippen molar-refractivity contribution in [3.05, 3.63) is 53.1 Å². The molecule has 0 saturated carbocycles. The van der Waals surface area contributed by atoms with E-state index in [0.717, 1.165) is 49.9 Å². The van der Waals surface area contributed by atoms with E-state index in [9.17, 15) is 0 Å². The number of methoxy groups -OCH3 is 2. The molecular formula is C28H38N2O3. The number of likely N-dealkylation sites (tertiary alicyclic amines) is 1. The molecule has 0 N–H and O–H groups in total. The van der Waals surface area contributed by atoms with Crippen molar-refractivity contribution in [1.29, 1.82) is 0 Å². The van der Waals surface area contributed by atoms with Crippen LogP contribution in [-0.2, 0) is 0 Å². The highest BCUT2D eigenvalue weighted by atomic mass is 16.5. The van der Waals surface area contributed by atoms with Gasteiger partial charge in [0, 0.05) is 30.6 Å². The summed E-state index contributed by atoms with van der Waals surface area (Å²) < 4.78 is 17.5. The number of ether oxygens (including phenoxy) is 3. The Morgan fingerprint density at radius 1 is 0.818 bits per heavy atom. The first-order valence-corrected chi connectivity index (χ1v) is 12.7. The number of rotatable bonds is 8. The van der Waals surface area contributed by atoms with Crippen LogP contribution in [0.25, 0.3) is 0 Å². The van der Waals surface area contributed by atoms with Gasteiger partial charge in [-0.1, -0.05) is 12.5 Å². The van der Waals surface area contributed by atoms with E-state index < -0.39 is 0 Å². The first kappa shape index (κ1) is 22.5. The highest BCUT2D eigenvalue weighted by Gasteiger charge is 2.37. The number of piperidine rings is 1. The van der Waals surface area contributed by atoms with Crippen LogP contribution in [0.2, 0.25) is 0 Å². The van der Waals surface area contributed by atoms with Gasteiger partial charge in [0.1, 0.15) is 17.2 Å². The summed E-state index contributed by atoms with van der Waals surface area (Å²) in [7, 11) is 3.49. The summed E-state index contributed by atoms with van der Waals surface area (Å²) in [6, 6.07) is 13.4. The molecule has 2 atom stereocenters. The second-order valence-electron chi connectivity index (χ2n) is 9.71. The first-order chi connectivity index (χ1) is 16.3. The van der Waals surface area contributed by atoms with Crippen LogP contribution in [0.4, 0.5) is 0 Å². The molecule has 0 radical (unpaired) electrons. The van der Waals surface area contributed by atoms with Crippen LogP contribution in [0, 0.1) is 0 Å². The fourth-order valence-corrected chi connectivity index (χ4v) is 6.02. The molecule has 0 amide bonds. The number of hydrogen-bond donors (Lipinski definition) is 0. The Hall–Kier alpha value is -2.24. The minimum atomic E-state index is 0.271. The quantitative estimate of drug-likeness (QED) is 0.514. The molecule has 0 bridgehead atoms. The van der Waals surface area contributed by atoms with Gasteiger partial charge in [-0.05, 0) is 93.2 Å². The molecule has 5 nitrogen and oxygen atoms in total. The molecule has 3 aliphatic heterocycles. The summed E-state index contributed by atoms with van der Waals surface area (Å²) in [6.07, 6.45) is 7.67. The largest absolute Gasteiger partial charge is 0.497 e. The zero-order valence-electron chi connectivity index (χ0n) is 20.2. The van der Waals surface area contributed by atoms with Gasteiger partial charge in [-0.2, -0.15) is 0 Å². The molecule has 0 unspecified atom stereocenters. The molecule has 2 aromatic rings. The van der Waals surface area contributed by atoms with Gasteiger partial charge < -0.3 is 19.1 Å². The van der Waals surface area contributed by atoms with Gasteiger partial charge in [-0.15, -0.1) is 0 Å². The molecule has 0 aliphatic carbocycles. The van der Waals surface area contributed by atoms with Crippen molar-refractivity contribution in [2.75, 3.05) is 53.6 Å². The van der Waals surface area contributed by atoms with Crippen molar-refractivity contribution in [3.8, 4) is 17.2 Å². The Morgan fingerprint density at radius 3 is 2.45 bits per heavy atom. The molecule has 5 heteroatoms. The highest BCUT2D eigenvalue weighted by Crippen LogP contribution is 2.47. The SMILES string of the molecule is COc1ccc(OC)c([C@H]2CN3CCC[C@@H]3c3cc(OCCCN4CCCCC4)ccc32)c1. The van der Waals surface area contributed by atoms with Gasteiger partial charge in [0.25, 0.3) is 0 Å². The van der Waals surface area contributed by atoms with Gasteiger partial charge in [-0.25, -0.2) is 0 Å². The third-order valence-corrected chi connectivity index (χ3v) is 7.72. The van der Waals surface area contributed by atoms with E-state index in [-0.39, 0.29) is 5.92 Å².